The Kier molecular flexibility index (Phi) is 8.37. The third-order valence-electron chi connectivity index (χ3n) is 12.5. The van der Waals surface area contributed by atoms with Crippen LogP contribution in [0.2, 0.25) is 24.2 Å². The summed E-state index contributed by atoms with van der Waals surface area (Å²) >= 11 is 0. The molecule has 4 nitrogen and oxygen atoms in total. The van der Waals surface area contributed by atoms with E-state index in [1.807, 2.05) is 0 Å². The summed E-state index contributed by atoms with van der Waals surface area (Å²) in [6.07, 6.45) is 11.5. The monoisotopic (exact) mass is 547 g/mol. The maximum absolute atomic E-state index is 13.5. The quantitative estimate of drug-likeness (QED) is 0.231. The summed E-state index contributed by atoms with van der Waals surface area (Å²) in [4.78, 5) is 26.3. The Labute approximate surface area is 231 Å². The van der Waals surface area contributed by atoms with Gasteiger partial charge in [0.2, 0.25) is 5.91 Å². The van der Waals surface area contributed by atoms with Crippen LogP contribution in [0.1, 0.15) is 106 Å². The van der Waals surface area contributed by atoms with Gasteiger partial charge in [-0.1, -0.05) is 74.4 Å². The fourth-order valence-corrected chi connectivity index (χ4v) is 14.3. The van der Waals surface area contributed by atoms with E-state index in [-0.39, 0.29) is 22.8 Å². The van der Waals surface area contributed by atoms with E-state index in [2.05, 4.69) is 66.1 Å². The normalized spacial score (nSPS) is 40.7. The van der Waals surface area contributed by atoms with Gasteiger partial charge in [0, 0.05) is 24.5 Å². The third-order valence-corrected chi connectivity index (χ3v) is 18.1. The first-order valence-corrected chi connectivity index (χ1v) is 20.1. The van der Waals surface area contributed by atoms with Gasteiger partial charge in [-0.15, -0.1) is 0 Å². The molecule has 3 unspecified atom stereocenters. The Morgan fingerprint density at radius 1 is 1.14 bits per heavy atom. The van der Waals surface area contributed by atoms with Gasteiger partial charge < -0.3 is 13.8 Å². The van der Waals surface area contributed by atoms with Gasteiger partial charge >= 0.3 is 0 Å². The molecule has 1 saturated heterocycles. The van der Waals surface area contributed by atoms with Gasteiger partial charge in [0.1, 0.15) is 6.29 Å². The molecule has 0 radical (unpaired) electrons. The van der Waals surface area contributed by atoms with Crippen LogP contribution < -0.4 is 0 Å². The Bertz CT molecular complexity index is 859. The third kappa shape index (κ3) is 4.98. The summed E-state index contributed by atoms with van der Waals surface area (Å²) in [6, 6.07) is 1.43. The summed E-state index contributed by atoms with van der Waals surface area (Å²) in [7, 11) is -2.52. The highest BCUT2D eigenvalue weighted by Gasteiger charge is 2.65. The van der Waals surface area contributed by atoms with Crippen molar-refractivity contribution in [3.8, 4) is 0 Å². The van der Waals surface area contributed by atoms with Crippen molar-refractivity contribution in [2.45, 2.75) is 143 Å². The van der Waals surface area contributed by atoms with Crippen molar-refractivity contribution < 1.29 is 14.0 Å². The molecule has 1 amide bonds. The maximum Gasteiger partial charge on any atom is 0.214 e. The van der Waals surface area contributed by atoms with Crippen LogP contribution in [-0.4, -0.2) is 46.9 Å². The van der Waals surface area contributed by atoms with E-state index in [0.717, 1.165) is 12.8 Å². The first-order chi connectivity index (χ1) is 17.2. The lowest BCUT2D eigenvalue weighted by Crippen LogP contribution is -2.69. The predicted octanol–water partition coefficient (Wildman–Crippen LogP) is 6.97. The molecule has 4 rings (SSSR count). The number of carbonyl (C=O) groups is 2. The minimum atomic E-state index is -1.88. The highest BCUT2D eigenvalue weighted by atomic mass is 28.3. The molecule has 0 bridgehead atoms. The Morgan fingerprint density at radius 2 is 1.81 bits per heavy atom. The molecule has 0 aromatic heterocycles. The summed E-state index contributed by atoms with van der Waals surface area (Å²) in [5.41, 5.74) is 0.341. The molecule has 0 aromatic rings. The van der Waals surface area contributed by atoms with Gasteiger partial charge in [-0.2, -0.15) is 0 Å². The first kappa shape index (κ1) is 29.5. The molecule has 6 heteroatoms. The van der Waals surface area contributed by atoms with Crippen LogP contribution in [-0.2, 0) is 14.0 Å². The lowest BCUT2D eigenvalue weighted by molar-refractivity contribution is -0.165. The molecule has 0 N–H and O–H groups in total. The highest BCUT2D eigenvalue weighted by Crippen LogP contribution is 2.66. The van der Waals surface area contributed by atoms with Gasteiger partial charge in [0.25, 0.3) is 0 Å². The van der Waals surface area contributed by atoms with Gasteiger partial charge in [-0.25, -0.2) is 0 Å². The second-order valence-corrected chi connectivity index (χ2v) is 22.6. The number of rotatable bonds is 9. The van der Waals surface area contributed by atoms with E-state index in [0.29, 0.717) is 47.1 Å². The lowest BCUT2D eigenvalue weighted by atomic mass is 9.45. The van der Waals surface area contributed by atoms with Gasteiger partial charge in [-0.3, -0.25) is 4.79 Å². The second kappa shape index (κ2) is 10.5. The van der Waals surface area contributed by atoms with Crippen molar-refractivity contribution in [1.29, 1.82) is 0 Å². The van der Waals surface area contributed by atoms with Gasteiger partial charge in [0.05, 0.1) is 0 Å². The molecule has 37 heavy (non-hydrogen) atoms. The molecule has 3 aliphatic carbocycles. The van der Waals surface area contributed by atoms with Gasteiger partial charge in [-0.05, 0) is 84.1 Å². The Balaban J connectivity index is 1.61. The van der Waals surface area contributed by atoms with Crippen LogP contribution in [0.5, 0.6) is 0 Å². The van der Waals surface area contributed by atoms with Crippen molar-refractivity contribution in [3.63, 3.8) is 0 Å². The van der Waals surface area contributed by atoms with Gasteiger partial charge in [0.15, 0.2) is 18.0 Å². The predicted molar refractivity (Wildman–Crippen MR) is 159 cm³/mol. The zero-order valence-corrected chi connectivity index (χ0v) is 28.0. The van der Waals surface area contributed by atoms with Crippen molar-refractivity contribution in [2.24, 2.45) is 40.4 Å². The largest absolute Gasteiger partial charge is 0.420 e. The minimum Gasteiger partial charge on any atom is -0.420 e. The van der Waals surface area contributed by atoms with Crippen LogP contribution in [0.25, 0.3) is 0 Å². The highest BCUT2D eigenvalue weighted by molar-refractivity contribution is 6.76. The van der Waals surface area contributed by atoms with Crippen molar-refractivity contribution in [1.82, 2.24) is 4.57 Å². The van der Waals surface area contributed by atoms with E-state index >= 15 is 0 Å². The molecule has 1 aliphatic heterocycles. The molecule has 4 fully saturated rings. The van der Waals surface area contributed by atoms with E-state index in [1.165, 1.54) is 50.9 Å². The molecule has 212 valence electrons. The van der Waals surface area contributed by atoms with Crippen LogP contribution in [0, 0.1) is 40.4 Å². The van der Waals surface area contributed by atoms with Crippen LogP contribution >= 0.6 is 0 Å². The number of carbonyl (C=O) groups excluding carboxylic acids is 2. The number of amides is 1. The number of nitrogens with zero attached hydrogens (tertiary/aromatic N) is 1. The number of hydrogen-bond acceptors (Lipinski definition) is 3. The fraction of sp³-hybridized carbons (Fsp3) is 0.935. The first-order valence-electron chi connectivity index (χ1n) is 15.6. The molecule has 8 atom stereocenters. The molecule has 0 spiro atoms. The molecular formula is C31H57NO3Si2. The molecule has 4 aliphatic rings. The molecular weight excluding hydrogens is 491 g/mol. The molecule has 1 heterocycles. The standard InChI is InChI=1S/C31H57NO3Si2/c1-10-11-18-37(8,9)32-25-19-22(20-33)28-23-12-13-26(35-36-29(4,5)21(2)3)31(23,7)16-14-24(28)30(25,6)17-15-27(32)34/h20-26,28H,10-19,36H2,1-9H3/t22?,23-,24+,25?,26?,28-,30+,31-/m0/s1. The zero-order chi connectivity index (χ0) is 27.4. The summed E-state index contributed by atoms with van der Waals surface area (Å²) in [6.45, 7) is 21.5. The number of piperidine rings is 1. The summed E-state index contributed by atoms with van der Waals surface area (Å²) in [5, 5.41) is 0.315. The van der Waals surface area contributed by atoms with E-state index in [9.17, 15) is 9.59 Å². The SMILES string of the molecule is CCCC[Si](C)(C)N1C(=O)CC[C@@]2(C)C1CC(C=O)[C@@H]1[C@H]2CC[C@]2(C)C(O[SiH2]C(C)(C)C(C)C)CC[C@@H]12. The summed E-state index contributed by atoms with van der Waals surface area (Å²) in [5.74, 6) is 2.70. The number of aldehydes is 1. The van der Waals surface area contributed by atoms with Crippen LogP contribution in [0.3, 0.4) is 0 Å². The Hall–Kier alpha value is -0.466. The Morgan fingerprint density at radius 3 is 2.43 bits per heavy atom. The number of fused-ring (bicyclic) bond motifs is 5. The average Bonchev–Trinajstić information content (AvgIpc) is 3.17. The van der Waals surface area contributed by atoms with Crippen molar-refractivity contribution in [2.75, 3.05) is 0 Å². The minimum absolute atomic E-state index is 0.0835. The molecule has 3 saturated carbocycles. The molecule has 0 aromatic carbocycles. The van der Waals surface area contributed by atoms with Crippen molar-refractivity contribution in [3.05, 3.63) is 0 Å². The number of hydrogen-bond donors (Lipinski definition) is 0. The maximum atomic E-state index is 13.5. The second-order valence-electron chi connectivity index (χ2n) is 15.6. The lowest BCUT2D eigenvalue weighted by Gasteiger charge is -2.65. The zero-order valence-electron chi connectivity index (χ0n) is 25.6. The average molecular weight is 548 g/mol. The topological polar surface area (TPSA) is 46.6 Å². The fourth-order valence-electron chi connectivity index (χ4n) is 9.26. The van der Waals surface area contributed by atoms with Crippen molar-refractivity contribution >= 4 is 30.2 Å². The summed E-state index contributed by atoms with van der Waals surface area (Å²) < 4.78 is 9.32. The van der Waals surface area contributed by atoms with Crippen LogP contribution in [0.15, 0.2) is 0 Å². The number of unbranched alkanes of at least 4 members (excludes halogenated alkanes) is 1. The van der Waals surface area contributed by atoms with E-state index in [4.69, 9.17) is 4.43 Å². The van der Waals surface area contributed by atoms with E-state index in [1.54, 1.807) is 0 Å². The smallest absolute Gasteiger partial charge is 0.214 e. The van der Waals surface area contributed by atoms with E-state index < -0.39 is 18.0 Å². The van der Waals surface area contributed by atoms with Crippen LogP contribution in [0.4, 0.5) is 0 Å².